The maximum absolute atomic E-state index is 14.5. The molecular formula is C21H20FNO5S. The van der Waals surface area contributed by atoms with Gasteiger partial charge < -0.3 is 10.1 Å². The molecule has 0 aliphatic carbocycles. The number of carbonyl (C=O) groups is 2. The second-order valence-corrected chi connectivity index (χ2v) is 7.61. The van der Waals surface area contributed by atoms with Crippen LogP contribution in [0.15, 0.2) is 47.4 Å². The van der Waals surface area contributed by atoms with Crippen LogP contribution < -0.4 is 5.32 Å². The Morgan fingerprint density at radius 2 is 1.79 bits per heavy atom. The van der Waals surface area contributed by atoms with Gasteiger partial charge in [-0.1, -0.05) is 12.1 Å². The maximum Gasteiger partial charge on any atom is 0.221 e. The summed E-state index contributed by atoms with van der Waals surface area (Å²) in [7, 11) is 1.33. The molecule has 2 aromatic carbocycles. The zero-order valence-corrected chi connectivity index (χ0v) is 17.2. The first-order valence-corrected chi connectivity index (χ1v) is 9.50. The molecule has 1 aliphatic rings. The fourth-order valence-corrected chi connectivity index (χ4v) is 3.33. The summed E-state index contributed by atoms with van der Waals surface area (Å²) >= 11 is 0.747. The smallest absolute Gasteiger partial charge is 0.221 e. The number of hydrogen-bond acceptors (Lipinski definition) is 6. The highest BCUT2D eigenvalue weighted by atomic mass is 32.2. The van der Waals surface area contributed by atoms with Crippen LogP contribution in [0, 0.1) is 5.82 Å². The van der Waals surface area contributed by atoms with Crippen molar-refractivity contribution in [2.75, 3.05) is 12.4 Å². The summed E-state index contributed by atoms with van der Waals surface area (Å²) in [6, 6.07) is 11.3. The van der Waals surface area contributed by atoms with Crippen molar-refractivity contribution < 1.29 is 27.9 Å². The average molecular weight is 417 g/mol. The quantitative estimate of drug-likeness (QED) is 0.420. The standard InChI is InChI=1S/C21H20FNO5S/c1-12(24)23-15-8-5-13(6-9-15)18-19(27-21(2,3)20(18)25)14-7-10-17(16(22)11-14)29-28-26-4/h5-11H,1-4H3,(H,23,24). The number of ether oxygens (including phenoxy) is 1. The van der Waals surface area contributed by atoms with Gasteiger partial charge in [0.05, 0.1) is 29.6 Å². The second kappa shape index (κ2) is 8.36. The van der Waals surface area contributed by atoms with Gasteiger partial charge in [0.1, 0.15) is 11.6 Å². The zero-order valence-electron chi connectivity index (χ0n) is 16.4. The number of Topliss-reactive ketones (excluding diaryl/α,β-unsaturated/α-hetero) is 1. The molecule has 29 heavy (non-hydrogen) atoms. The Morgan fingerprint density at radius 3 is 2.38 bits per heavy atom. The van der Waals surface area contributed by atoms with Crippen molar-refractivity contribution in [2.24, 2.45) is 0 Å². The minimum atomic E-state index is -1.08. The monoisotopic (exact) mass is 417 g/mol. The Morgan fingerprint density at radius 1 is 1.14 bits per heavy atom. The number of halogens is 1. The third-order valence-corrected chi connectivity index (χ3v) is 4.95. The van der Waals surface area contributed by atoms with Crippen LogP contribution in [0.3, 0.4) is 0 Å². The van der Waals surface area contributed by atoms with Gasteiger partial charge >= 0.3 is 0 Å². The molecule has 0 unspecified atom stereocenters. The predicted octanol–water partition coefficient (Wildman–Crippen LogP) is 4.62. The Balaban J connectivity index is 2.03. The Kier molecular flexibility index (Phi) is 6.07. The van der Waals surface area contributed by atoms with Gasteiger partial charge in [-0.25, -0.2) is 9.28 Å². The molecule has 8 heteroatoms. The van der Waals surface area contributed by atoms with Gasteiger partial charge in [0.25, 0.3) is 0 Å². The minimum Gasteiger partial charge on any atom is -0.478 e. The number of ketones is 1. The van der Waals surface area contributed by atoms with E-state index in [0.717, 1.165) is 12.0 Å². The lowest BCUT2D eigenvalue weighted by molar-refractivity contribution is -0.160. The van der Waals surface area contributed by atoms with E-state index >= 15 is 0 Å². The normalized spacial score (nSPS) is 15.4. The predicted molar refractivity (Wildman–Crippen MR) is 108 cm³/mol. The highest BCUT2D eigenvalue weighted by Gasteiger charge is 2.42. The highest BCUT2D eigenvalue weighted by molar-refractivity contribution is 7.94. The van der Waals surface area contributed by atoms with E-state index in [1.807, 2.05) is 0 Å². The summed E-state index contributed by atoms with van der Waals surface area (Å²) in [4.78, 5) is 28.9. The Labute approximate surface area is 172 Å². The molecule has 1 amide bonds. The van der Waals surface area contributed by atoms with E-state index in [1.54, 1.807) is 44.2 Å². The van der Waals surface area contributed by atoms with E-state index in [-0.39, 0.29) is 16.6 Å². The molecule has 0 radical (unpaired) electrons. The van der Waals surface area contributed by atoms with Crippen molar-refractivity contribution in [1.29, 1.82) is 0 Å². The third-order valence-electron chi connectivity index (χ3n) is 4.24. The molecule has 0 bridgehead atoms. The average Bonchev–Trinajstić information content (AvgIpc) is 2.91. The SMILES string of the molecule is COOSc1ccc(C2=C(c3ccc(NC(C)=O)cc3)C(=O)C(C)(C)O2)cc1F. The van der Waals surface area contributed by atoms with Crippen molar-refractivity contribution in [3.63, 3.8) is 0 Å². The third kappa shape index (κ3) is 4.50. The lowest BCUT2D eigenvalue weighted by Crippen LogP contribution is -2.29. The van der Waals surface area contributed by atoms with E-state index in [9.17, 15) is 14.0 Å². The van der Waals surface area contributed by atoms with Crippen LogP contribution in [0.5, 0.6) is 0 Å². The van der Waals surface area contributed by atoms with Gasteiger partial charge in [-0.3, -0.25) is 9.59 Å². The van der Waals surface area contributed by atoms with Gasteiger partial charge in [-0.05, 0) is 49.7 Å². The van der Waals surface area contributed by atoms with Gasteiger partial charge in [-0.15, -0.1) is 0 Å². The second-order valence-electron chi connectivity index (χ2n) is 6.87. The van der Waals surface area contributed by atoms with Crippen LogP contribution in [0.4, 0.5) is 10.1 Å². The van der Waals surface area contributed by atoms with Crippen LogP contribution >= 0.6 is 12.0 Å². The first-order valence-electron chi connectivity index (χ1n) is 8.76. The lowest BCUT2D eigenvalue weighted by Gasteiger charge is -2.18. The van der Waals surface area contributed by atoms with Crippen molar-refractivity contribution in [2.45, 2.75) is 31.3 Å². The molecule has 0 saturated heterocycles. The number of amides is 1. The topological polar surface area (TPSA) is 73.9 Å². The molecular weight excluding hydrogens is 397 g/mol. The number of benzene rings is 2. The van der Waals surface area contributed by atoms with Crippen molar-refractivity contribution >= 4 is 40.8 Å². The molecule has 3 rings (SSSR count). The highest BCUT2D eigenvalue weighted by Crippen LogP contribution is 2.42. The van der Waals surface area contributed by atoms with Gasteiger partial charge in [-0.2, -0.15) is 4.33 Å². The molecule has 0 aromatic heterocycles. The first kappa shape index (κ1) is 21.0. The summed E-state index contributed by atoms with van der Waals surface area (Å²) in [5.74, 6) is -0.625. The summed E-state index contributed by atoms with van der Waals surface area (Å²) in [5, 5.41) is 2.68. The number of carbonyl (C=O) groups excluding carboxylic acids is 2. The first-order chi connectivity index (χ1) is 13.7. The van der Waals surface area contributed by atoms with Gasteiger partial charge in [0.2, 0.25) is 11.7 Å². The van der Waals surface area contributed by atoms with Crippen molar-refractivity contribution in [1.82, 2.24) is 0 Å². The number of nitrogens with one attached hydrogen (secondary N) is 1. The lowest BCUT2D eigenvalue weighted by atomic mass is 9.92. The maximum atomic E-state index is 14.5. The minimum absolute atomic E-state index is 0.190. The molecule has 1 aliphatic heterocycles. The summed E-state index contributed by atoms with van der Waals surface area (Å²) in [6.07, 6.45) is 0. The molecule has 2 aromatic rings. The van der Waals surface area contributed by atoms with Gasteiger partial charge in [0, 0.05) is 18.2 Å². The Bertz CT molecular complexity index is 985. The van der Waals surface area contributed by atoms with E-state index < -0.39 is 11.4 Å². The van der Waals surface area contributed by atoms with E-state index in [4.69, 9.17) is 9.07 Å². The van der Waals surface area contributed by atoms with Crippen LogP contribution in [-0.4, -0.2) is 24.4 Å². The number of anilines is 1. The molecule has 6 nitrogen and oxygen atoms in total. The summed E-state index contributed by atoms with van der Waals surface area (Å²) in [5.41, 5.74) is 0.941. The molecule has 1 heterocycles. The summed E-state index contributed by atoms with van der Waals surface area (Å²) < 4.78 is 25.1. The van der Waals surface area contributed by atoms with Crippen LogP contribution in [0.25, 0.3) is 11.3 Å². The van der Waals surface area contributed by atoms with E-state index in [2.05, 4.69) is 10.2 Å². The largest absolute Gasteiger partial charge is 0.478 e. The van der Waals surface area contributed by atoms with E-state index in [0.29, 0.717) is 28.1 Å². The molecule has 0 fully saturated rings. The fraction of sp³-hybridized carbons (Fsp3) is 0.238. The van der Waals surface area contributed by atoms with Crippen LogP contribution in [-0.2, 0) is 23.5 Å². The Hall–Kier alpha value is -2.68. The van der Waals surface area contributed by atoms with Crippen molar-refractivity contribution in [3.8, 4) is 0 Å². The molecule has 0 atom stereocenters. The molecule has 152 valence electrons. The van der Waals surface area contributed by atoms with Crippen LogP contribution in [0.1, 0.15) is 31.9 Å². The van der Waals surface area contributed by atoms with Gasteiger partial charge in [0.15, 0.2) is 5.60 Å². The summed E-state index contributed by atoms with van der Waals surface area (Å²) in [6.45, 7) is 4.75. The zero-order chi connectivity index (χ0) is 21.2. The molecule has 0 saturated carbocycles. The molecule has 1 N–H and O–H groups in total. The van der Waals surface area contributed by atoms with Crippen molar-refractivity contribution in [3.05, 3.63) is 59.4 Å². The number of rotatable bonds is 6. The number of hydrogen-bond donors (Lipinski definition) is 1. The van der Waals surface area contributed by atoms with Crippen LogP contribution in [0.2, 0.25) is 0 Å². The molecule has 0 spiro atoms. The fourth-order valence-electron chi connectivity index (χ4n) is 2.93. The van der Waals surface area contributed by atoms with E-state index in [1.165, 1.54) is 26.2 Å².